The fourth-order valence-electron chi connectivity index (χ4n) is 1.54. The number of rotatable bonds is 4. The molecule has 0 aromatic heterocycles. The van der Waals surface area contributed by atoms with E-state index in [4.69, 9.17) is 0 Å². The van der Waals surface area contributed by atoms with Gasteiger partial charge in [0, 0.05) is 17.6 Å². The van der Waals surface area contributed by atoms with Crippen molar-refractivity contribution in [2.75, 3.05) is 5.32 Å². The predicted octanol–water partition coefficient (Wildman–Crippen LogP) is 4.40. The average Bonchev–Trinajstić information content (AvgIpc) is 2.41. The maximum absolute atomic E-state index is 4.35. The molecule has 2 heteroatoms. The molecule has 0 spiro atoms. The van der Waals surface area contributed by atoms with Crippen LogP contribution in [0.15, 0.2) is 77.4 Å². The summed E-state index contributed by atoms with van der Waals surface area (Å²) in [6.45, 7) is 2.02. The van der Waals surface area contributed by atoms with E-state index in [9.17, 15) is 0 Å². The lowest BCUT2D eigenvalue weighted by molar-refractivity contribution is 1.38. The van der Waals surface area contributed by atoms with E-state index < -0.39 is 0 Å². The van der Waals surface area contributed by atoms with Crippen molar-refractivity contribution in [3.05, 3.63) is 72.4 Å². The van der Waals surface area contributed by atoms with E-state index in [-0.39, 0.29) is 0 Å². The zero-order valence-electron chi connectivity index (χ0n) is 10.4. The minimum atomic E-state index is 0.960. The largest absolute Gasteiger partial charge is 0.359 e. The molecule has 0 heterocycles. The second kappa shape index (κ2) is 6.40. The summed E-state index contributed by atoms with van der Waals surface area (Å²) in [6, 6.07) is 20.0. The maximum atomic E-state index is 4.35. The van der Waals surface area contributed by atoms with E-state index in [1.54, 1.807) is 6.21 Å². The van der Waals surface area contributed by atoms with Crippen molar-refractivity contribution in [1.29, 1.82) is 0 Å². The average molecular weight is 236 g/mol. The number of allylic oxidation sites excluding steroid dienone is 2. The fourth-order valence-corrected chi connectivity index (χ4v) is 1.54. The summed E-state index contributed by atoms with van der Waals surface area (Å²) < 4.78 is 0. The van der Waals surface area contributed by atoms with Gasteiger partial charge in [0.2, 0.25) is 0 Å². The minimum absolute atomic E-state index is 0.960. The molecule has 90 valence electrons. The second-order valence-electron chi connectivity index (χ2n) is 3.95. The highest BCUT2D eigenvalue weighted by molar-refractivity contribution is 5.76. The van der Waals surface area contributed by atoms with Crippen LogP contribution in [0.5, 0.6) is 0 Å². The quantitative estimate of drug-likeness (QED) is 0.781. The number of para-hydroxylation sites is 2. The van der Waals surface area contributed by atoms with E-state index in [1.165, 1.54) is 0 Å². The Morgan fingerprint density at radius 3 is 2.22 bits per heavy atom. The Morgan fingerprint density at radius 2 is 1.56 bits per heavy atom. The molecule has 0 atom stereocenters. The van der Waals surface area contributed by atoms with Crippen molar-refractivity contribution in [2.24, 2.45) is 4.99 Å². The van der Waals surface area contributed by atoms with Gasteiger partial charge in [-0.3, -0.25) is 4.99 Å². The molecular weight excluding hydrogens is 220 g/mol. The molecule has 0 aliphatic heterocycles. The smallest absolute Gasteiger partial charge is 0.0629 e. The monoisotopic (exact) mass is 236 g/mol. The van der Waals surface area contributed by atoms with Crippen molar-refractivity contribution in [3.63, 3.8) is 0 Å². The van der Waals surface area contributed by atoms with Crippen molar-refractivity contribution in [2.45, 2.75) is 6.92 Å². The zero-order chi connectivity index (χ0) is 12.6. The Bertz CT molecular complexity index is 528. The summed E-state index contributed by atoms with van der Waals surface area (Å²) in [5, 5.41) is 3.30. The summed E-state index contributed by atoms with van der Waals surface area (Å²) in [7, 11) is 0. The molecule has 0 bridgehead atoms. The summed E-state index contributed by atoms with van der Waals surface area (Å²) in [5.41, 5.74) is 3.10. The lowest BCUT2D eigenvalue weighted by Gasteiger charge is -2.04. The standard InChI is InChI=1S/C16H16N2/c1-14(18-16-10-6-3-7-11-16)12-13-17-15-8-4-2-5-9-15/h2-13,18H,1H3/b14-12-,17-13?. The molecule has 0 fully saturated rings. The van der Waals surface area contributed by atoms with Crippen LogP contribution in [0.25, 0.3) is 0 Å². The van der Waals surface area contributed by atoms with Gasteiger partial charge in [0.15, 0.2) is 0 Å². The first-order valence-corrected chi connectivity index (χ1v) is 5.93. The van der Waals surface area contributed by atoms with Crippen LogP contribution in [0.3, 0.4) is 0 Å². The lowest BCUT2D eigenvalue weighted by atomic mass is 10.3. The van der Waals surface area contributed by atoms with Crippen LogP contribution in [-0.2, 0) is 0 Å². The molecule has 18 heavy (non-hydrogen) atoms. The molecule has 0 unspecified atom stereocenters. The van der Waals surface area contributed by atoms with Gasteiger partial charge >= 0.3 is 0 Å². The molecule has 0 saturated heterocycles. The van der Waals surface area contributed by atoms with E-state index in [2.05, 4.69) is 10.3 Å². The van der Waals surface area contributed by atoms with Crippen molar-refractivity contribution < 1.29 is 0 Å². The highest BCUT2D eigenvalue weighted by Gasteiger charge is 1.89. The van der Waals surface area contributed by atoms with Crippen LogP contribution in [0.4, 0.5) is 11.4 Å². The van der Waals surface area contributed by atoms with Gasteiger partial charge in [-0.25, -0.2) is 0 Å². The third kappa shape index (κ3) is 3.91. The third-order valence-electron chi connectivity index (χ3n) is 2.42. The van der Waals surface area contributed by atoms with Crippen molar-refractivity contribution in [3.8, 4) is 0 Å². The zero-order valence-corrected chi connectivity index (χ0v) is 10.4. The first kappa shape index (κ1) is 12.1. The van der Waals surface area contributed by atoms with E-state index >= 15 is 0 Å². The number of aliphatic imine (C=N–C) groups is 1. The van der Waals surface area contributed by atoms with Gasteiger partial charge in [-0.1, -0.05) is 36.4 Å². The molecule has 1 N–H and O–H groups in total. The highest BCUT2D eigenvalue weighted by atomic mass is 14.9. The number of hydrogen-bond acceptors (Lipinski definition) is 2. The molecule has 2 nitrogen and oxygen atoms in total. The van der Waals surface area contributed by atoms with Gasteiger partial charge < -0.3 is 5.32 Å². The number of nitrogens with zero attached hydrogens (tertiary/aromatic N) is 1. The van der Waals surface area contributed by atoms with E-state index in [1.807, 2.05) is 73.7 Å². The van der Waals surface area contributed by atoms with Crippen LogP contribution in [0.1, 0.15) is 6.92 Å². The first-order chi connectivity index (χ1) is 8.84. The molecule has 2 rings (SSSR count). The molecule has 0 aliphatic rings. The van der Waals surface area contributed by atoms with Crippen LogP contribution in [-0.4, -0.2) is 6.21 Å². The van der Waals surface area contributed by atoms with Gasteiger partial charge in [-0.15, -0.1) is 0 Å². The summed E-state index contributed by atoms with van der Waals surface area (Å²) >= 11 is 0. The maximum Gasteiger partial charge on any atom is 0.0629 e. The topological polar surface area (TPSA) is 24.4 Å². The van der Waals surface area contributed by atoms with Crippen molar-refractivity contribution >= 4 is 17.6 Å². The Hall–Kier alpha value is -2.35. The molecule has 2 aromatic carbocycles. The predicted molar refractivity (Wildman–Crippen MR) is 78.4 cm³/mol. The number of hydrogen-bond donors (Lipinski definition) is 1. The number of benzene rings is 2. The normalized spacial score (nSPS) is 11.7. The molecule has 0 amide bonds. The Kier molecular flexibility index (Phi) is 4.31. The number of nitrogens with one attached hydrogen (secondary N) is 1. The minimum Gasteiger partial charge on any atom is -0.359 e. The van der Waals surface area contributed by atoms with Gasteiger partial charge in [0.05, 0.1) is 5.69 Å². The van der Waals surface area contributed by atoms with E-state index in [0.717, 1.165) is 17.1 Å². The molecule has 0 aliphatic carbocycles. The van der Waals surface area contributed by atoms with Crippen LogP contribution in [0.2, 0.25) is 0 Å². The molecule has 0 radical (unpaired) electrons. The number of anilines is 1. The molecule has 2 aromatic rings. The Morgan fingerprint density at radius 1 is 0.944 bits per heavy atom. The first-order valence-electron chi connectivity index (χ1n) is 5.93. The fraction of sp³-hybridized carbons (Fsp3) is 0.0625. The second-order valence-corrected chi connectivity index (χ2v) is 3.95. The van der Waals surface area contributed by atoms with Gasteiger partial charge in [0.1, 0.15) is 0 Å². The van der Waals surface area contributed by atoms with Gasteiger partial charge in [-0.2, -0.15) is 0 Å². The molecular formula is C16H16N2. The third-order valence-corrected chi connectivity index (χ3v) is 2.42. The molecule has 0 saturated carbocycles. The van der Waals surface area contributed by atoms with Gasteiger partial charge in [0.25, 0.3) is 0 Å². The van der Waals surface area contributed by atoms with Crippen LogP contribution in [0, 0.1) is 0 Å². The Balaban J connectivity index is 1.95. The van der Waals surface area contributed by atoms with E-state index in [0.29, 0.717) is 0 Å². The highest BCUT2D eigenvalue weighted by Crippen LogP contribution is 2.10. The summed E-state index contributed by atoms with van der Waals surface area (Å²) in [6.07, 6.45) is 3.76. The van der Waals surface area contributed by atoms with Crippen LogP contribution >= 0.6 is 0 Å². The van der Waals surface area contributed by atoms with Crippen LogP contribution < -0.4 is 5.32 Å². The Labute approximate surface area is 108 Å². The van der Waals surface area contributed by atoms with Crippen molar-refractivity contribution in [1.82, 2.24) is 0 Å². The summed E-state index contributed by atoms with van der Waals surface area (Å²) in [5.74, 6) is 0. The van der Waals surface area contributed by atoms with Gasteiger partial charge in [-0.05, 0) is 37.3 Å². The summed E-state index contributed by atoms with van der Waals surface area (Å²) in [4.78, 5) is 4.35. The SMILES string of the molecule is C/C(=C/C=Nc1ccccc1)Nc1ccccc1. The lowest BCUT2D eigenvalue weighted by Crippen LogP contribution is -1.94.